The third-order valence-electron chi connectivity index (χ3n) is 8.62. The largest absolute Gasteiger partial charge is 0.493 e. The number of methoxy groups -OCH3 is 3. The Morgan fingerprint density at radius 1 is 0.956 bits per heavy atom. The topological polar surface area (TPSA) is 108 Å². The lowest BCUT2D eigenvalue weighted by Crippen LogP contribution is -2.49. The molecule has 238 valence electrons. The summed E-state index contributed by atoms with van der Waals surface area (Å²) in [5.41, 5.74) is 4.20. The molecule has 2 amide bonds. The maximum atomic E-state index is 14.7. The number of carbonyl (C=O) groups excluding carboxylic acids is 2. The second-order valence-corrected chi connectivity index (χ2v) is 11.7. The standard InChI is InChI=1S/C35H43N5O5/c1-23-12-11-13-25(20-23)18-19-39(35(42)24(2)40-29-17-10-9-16-28(29)37-38-40)32(34(41)36-27-14-7-6-8-15-27)26-21-30(43-3)33(45-5)31(22-26)44-4/h9-13,16-17,20-22,24,27,32H,6-8,14-15,18-19H2,1-5H3,(H,36,41)/t24-,32-/m1/s1. The first-order valence-electron chi connectivity index (χ1n) is 15.6. The Bertz CT molecular complexity index is 1600. The maximum Gasteiger partial charge on any atom is 0.248 e. The van der Waals surface area contributed by atoms with Crippen LogP contribution in [-0.4, -0.2) is 65.6 Å². The maximum absolute atomic E-state index is 14.7. The van der Waals surface area contributed by atoms with Gasteiger partial charge in [-0.05, 0) is 68.5 Å². The predicted molar refractivity (Wildman–Crippen MR) is 173 cm³/mol. The van der Waals surface area contributed by atoms with Gasteiger partial charge in [-0.3, -0.25) is 9.59 Å². The lowest BCUT2D eigenvalue weighted by Gasteiger charge is -2.35. The van der Waals surface area contributed by atoms with Crippen LogP contribution in [0.15, 0.2) is 60.7 Å². The van der Waals surface area contributed by atoms with Gasteiger partial charge in [0.1, 0.15) is 17.6 Å². The second kappa shape index (κ2) is 14.5. The molecule has 10 nitrogen and oxygen atoms in total. The number of aromatic nitrogens is 3. The summed E-state index contributed by atoms with van der Waals surface area (Å²) in [6.45, 7) is 4.13. The molecule has 5 rings (SSSR count). The molecule has 1 fully saturated rings. The summed E-state index contributed by atoms with van der Waals surface area (Å²) in [5, 5.41) is 11.9. The van der Waals surface area contributed by atoms with E-state index in [1.165, 1.54) is 21.3 Å². The quantitative estimate of drug-likeness (QED) is 0.222. The molecule has 1 aliphatic rings. The van der Waals surface area contributed by atoms with E-state index in [4.69, 9.17) is 14.2 Å². The van der Waals surface area contributed by atoms with Gasteiger partial charge in [0.05, 0.1) is 26.8 Å². The normalized spacial score (nSPS) is 14.9. The Morgan fingerprint density at radius 2 is 1.67 bits per heavy atom. The summed E-state index contributed by atoms with van der Waals surface area (Å²) in [7, 11) is 4.61. The fourth-order valence-corrected chi connectivity index (χ4v) is 6.26. The molecule has 10 heteroatoms. The SMILES string of the molecule is COc1cc([C@H](C(=O)NC2CCCCC2)N(CCc2cccc(C)c2)C(=O)[C@@H](C)n2nnc3ccccc32)cc(OC)c1OC. The lowest BCUT2D eigenvalue weighted by molar-refractivity contribution is -0.143. The van der Waals surface area contributed by atoms with Gasteiger partial charge in [0.25, 0.3) is 0 Å². The molecule has 1 aliphatic carbocycles. The molecule has 0 radical (unpaired) electrons. The Hall–Kier alpha value is -4.60. The number of amides is 2. The minimum Gasteiger partial charge on any atom is -0.493 e. The van der Waals surface area contributed by atoms with Gasteiger partial charge in [0.15, 0.2) is 11.5 Å². The number of para-hydroxylation sites is 1. The van der Waals surface area contributed by atoms with E-state index in [9.17, 15) is 9.59 Å². The highest BCUT2D eigenvalue weighted by atomic mass is 16.5. The number of rotatable bonds is 12. The minimum absolute atomic E-state index is 0.0428. The molecule has 2 atom stereocenters. The number of ether oxygens (including phenoxy) is 3. The summed E-state index contributed by atoms with van der Waals surface area (Å²) in [5.74, 6) is 0.725. The van der Waals surface area contributed by atoms with E-state index in [0.717, 1.165) is 48.7 Å². The molecule has 1 heterocycles. The molecule has 1 saturated carbocycles. The summed E-state index contributed by atoms with van der Waals surface area (Å²) in [4.78, 5) is 30.8. The Morgan fingerprint density at radius 3 is 2.33 bits per heavy atom. The van der Waals surface area contributed by atoms with Crippen LogP contribution < -0.4 is 19.5 Å². The van der Waals surface area contributed by atoms with Gasteiger partial charge >= 0.3 is 0 Å². The van der Waals surface area contributed by atoms with Crippen molar-refractivity contribution in [1.82, 2.24) is 25.2 Å². The zero-order valence-electron chi connectivity index (χ0n) is 26.8. The van der Waals surface area contributed by atoms with Crippen LogP contribution in [-0.2, 0) is 16.0 Å². The molecule has 1 N–H and O–H groups in total. The van der Waals surface area contributed by atoms with Crippen molar-refractivity contribution in [3.05, 3.63) is 77.4 Å². The fraction of sp³-hybridized carbons (Fsp3) is 0.429. The van der Waals surface area contributed by atoms with Crippen LogP contribution in [0.1, 0.15) is 67.8 Å². The monoisotopic (exact) mass is 613 g/mol. The summed E-state index contributed by atoms with van der Waals surface area (Å²) >= 11 is 0. The van der Waals surface area contributed by atoms with Gasteiger partial charge in [-0.2, -0.15) is 0 Å². The smallest absolute Gasteiger partial charge is 0.248 e. The third kappa shape index (κ3) is 7.05. The van der Waals surface area contributed by atoms with Crippen molar-refractivity contribution in [1.29, 1.82) is 0 Å². The number of hydrogen-bond acceptors (Lipinski definition) is 7. The highest BCUT2D eigenvalue weighted by Gasteiger charge is 2.37. The molecule has 45 heavy (non-hydrogen) atoms. The van der Waals surface area contributed by atoms with Crippen molar-refractivity contribution in [3.8, 4) is 17.2 Å². The lowest BCUT2D eigenvalue weighted by atomic mass is 9.94. The van der Waals surface area contributed by atoms with Crippen LogP contribution in [0, 0.1) is 6.92 Å². The third-order valence-corrected chi connectivity index (χ3v) is 8.62. The van der Waals surface area contributed by atoms with Gasteiger partial charge in [-0.1, -0.05) is 66.4 Å². The number of fused-ring (bicyclic) bond motifs is 1. The number of nitrogens with zero attached hydrogens (tertiary/aromatic N) is 4. The first-order chi connectivity index (χ1) is 21.8. The highest BCUT2D eigenvalue weighted by molar-refractivity contribution is 5.91. The van der Waals surface area contributed by atoms with Gasteiger partial charge in [-0.15, -0.1) is 5.10 Å². The van der Waals surface area contributed by atoms with Crippen molar-refractivity contribution in [3.63, 3.8) is 0 Å². The van der Waals surface area contributed by atoms with Crippen molar-refractivity contribution >= 4 is 22.8 Å². The van der Waals surface area contributed by atoms with Crippen LogP contribution in [0.25, 0.3) is 11.0 Å². The number of benzene rings is 3. The minimum atomic E-state index is -0.977. The van der Waals surface area contributed by atoms with Crippen LogP contribution >= 0.6 is 0 Å². The second-order valence-electron chi connectivity index (χ2n) is 11.7. The van der Waals surface area contributed by atoms with E-state index >= 15 is 0 Å². The van der Waals surface area contributed by atoms with Crippen LogP contribution in [0.3, 0.4) is 0 Å². The van der Waals surface area contributed by atoms with E-state index in [-0.39, 0.29) is 17.9 Å². The molecular formula is C35H43N5O5. The molecule has 3 aromatic carbocycles. The average molecular weight is 614 g/mol. The molecule has 0 aliphatic heterocycles. The average Bonchev–Trinajstić information content (AvgIpc) is 3.50. The van der Waals surface area contributed by atoms with Gasteiger partial charge in [0, 0.05) is 12.6 Å². The molecule has 0 saturated heterocycles. The van der Waals surface area contributed by atoms with E-state index in [0.29, 0.717) is 41.3 Å². The zero-order chi connectivity index (χ0) is 31.9. The molecule has 0 spiro atoms. The Labute approximate surface area is 264 Å². The Balaban J connectivity index is 1.61. The van der Waals surface area contributed by atoms with Crippen molar-refractivity contribution in [2.24, 2.45) is 0 Å². The Kier molecular flexibility index (Phi) is 10.2. The number of aryl methyl sites for hydroxylation is 1. The fourth-order valence-electron chi connectivity index (χ4n) is 6.26. The van der Waals surface area contributed by atoms with Crippen molar-refractivity contribution in [2.45, 2.75) is 70.5 Å². The van der Waals surface area contributed by atoms with Gasteiger partial charge in [0.2, 0.25) is 17.6 Å². The van der Waals surface area contributed by atoms with E-state index in [1.807, 2.05) is 49.4 Å². The van der Waals surface area contributed by atoms with Gasteiger partial charge < -0.3 is 24.4 Å². The first kappa shape index (κ1) is 31.8. The molecule has 1 aromatic heterocycles. The summed E-state index contributed by atoms with van der Waals surface area (Å²) < 4.78 is 18.6. The molecule has 0 bridgehead atoms. The zero-order valence-corrected chi connectivity index (χ0v) is 26.8. The molecule has 0 unspecified atom stereocenters. The number of nitrogens with one attached hydrogen (secondary N) is 1. The van der Waals surface area contributed by atoms with E-state index in [2.05, 4.69) is 21.7 Å². The van der Waals surface area contributed by atoms with Crippen LogP contribution in [0.5, 0.6) is 17.2 Å². The van der Waals surface area contributed by atoms with Crippen molar-refractivity contribution < 1.29 is 23.8 Å². The van der Waals surface area contributed by atoms with Gasteiger partial charge in [-0.25, -0.2) is 4.68 Å². The highest BCUT2D eigenvalue weighted by Crippen LogP contribution is 2.41. The first-order valence-corrected chi connectivity index (χ1v) is 15.6. The summed E-state index contributed by atoms with van der Waals surface area (Å²) in [6, 6.07) is 17.6. The summed E-state index contributed by atoms with van der Waals surface area (Å²) in [6.07, 6.45) is 5.65. The van der Waals surface area contributed by atoms with E-state index in [1.54, 1.807) is 28.6 Å². The molecule has 4 aromatic rings. The number of carbonyl (C=O) groups is 2. The van der Waals surface area contributed by atoms with E-state index < -0.39 is 12.1 Å². The van der Waals surface area contributed by atoms with Crippen LogP contribution in [0.4, 0.5) is 0 Å². The molecular weight excluding hydrogens is 570 g/mol. The number of hydrogen-bond donors (Lipinski definition) is 1. The predicted octanol–water partition coefficient (Wildman–Crippen LogP) is 5.59. The van der Waals surface area contributed by atoms with Crippen LogP contribution in [0.2, 0.25) is 0 Å². The van der Waals surface area contributed by atoms with Crippen molar-refractivity contribution in [2.75, 3.05) is 27.9 Å².